The quantitative estimate of drug-likeness (QED) is 0.823. The topological polar surface area (TPSA) is 90.2 Å². The van der Waals surface area contributed by atoms with E-state index >= 15 is 0 Å². The van der Waals surface area contributed by atoms with Crippen molar-refractivity contribution in [2.24, 2.45) is 0 Å². The van der Waals surface area contributed by atoms with Crippen LogP contribution in [0.4, 0.5) is 18.9 Å². The summed E-state index contributed by atoms with van der Waals surface area (Å²) in [6.07, 6.45) is -5.77. The molecule has 0 aliphatic heterocycles. The molecule has 0 fully saturated rings. The van der Waals surface area contributed by atoms with Crippen molar-refractivity contribution in [3.8, 4) is 11.8 Å². The van der Waals surface area contributed by atoms with Crippen molar-refractivity contribution in [2.75, 3.05) is 5.32 Å². The highest BCUT2D eigenvalue weighted by Gasteiger charge is 2.42. The van der Waals surface area contributed by atoms with E-state index < -0.39 is 41.3 Å². The van der Waals surface area contributed by atoms with Crippen molar-refractivity contribution in [2.45, 2.75) is 12.6 Å². The Morgan fingerprint density at radius 3 is 2.53 bits per heavy atom. The van der Waals surface area contributed by atoms with E-state index in [9.17, 15) is 27.9 Å². The van der Waals surface area contributed by atoms with Gasteiger partial charge in [0.2, 0.25) is 5.91 Å². The number of benzene rings is 1. The standard InChI is InChI=1S/C11H7F3N2O3/c12-11(13,14)10(19)9-6(2-1-3-7(9)17)16-8(18)4-5-15/h1-3,17H,4H2,(H,16,18). The summed E-state index contributed by atoms with van der Waals surface area (Å²) in [4.78, 5) is 22.3. The number of halogens is 3. The average molecular weight is 272 g/mol. The summed E-state index contributed by atoms with van der Waals surface area (Å²) in [6.45, 7) is 0. The molecule has 0 radical (unpaired) electrons. The number of anilines is 1. The van der Waals surface area contributed by atoms with Gasteiger partial charge in [-0.05, 0) is 12.1 Å². The average Bonchev–Trinajstić information content (AvgIpc) is 2.27. The second kappa shape index (κ2) is 5.39. The minimum Gasteiger partial charge on any atom is -0.507 e. The predicted molar refractivity (Wildman–Crippen MR) is 57.4 cm³/mol. The smallest absolute Gasteiger partial charge is 0.455 e. The number of carbonyl (C=O) groups excluding carboxylic acids is 2. The molecule has 1 rings (SSSR count). The van der Waals surface area contributed by atoms with Crippen molar-refractivity contribution in [1.82, 2.24) is 0 Å². The predicted octanol–water partition coefficient (Wildman–Crippen LogP) is 1.99. The summed E-state index contributed by atoms with van der Waals surface area (Å²) in [5.74, 6) is -4.07. The molecule has 1 amide bonds. The van der Waals surface area contributed by atoms with Gasteiger partial charge in [0, 0.05) is 0 Å². The molecule has 19 heavy (non-hydrogen) atoms. The molecular weight excluding hydrogens is 265 g/mol. The molecule has 0 bridgehead atoms. The third kappa shape index (κ3) is 3.45. The van der Waals surface area contributed by atoms with Gasteiger partial charge in [-0.15, -0.1) is 0 Å². The molecule has 0 saturated carbocycles. The molecule has 0 heterocycles. The van der Waals surface area contributed by atoms with E-state index in [1.54, 1.807) is 0 Å². The third-order valence-corrected chi connectivity index (χ3v) is 2.04. The fraction of sp³-hybridized carbons (Fsp3) is 0.182. The summed E-state index contributed by atoms with van der Waals surface area (Å²) in [6, 6.07) is 4.57. The van der Waals surface area contributed by atoms with E-state index in [0.717, 1.165) is 18.2 Å². The zero-order valence-corrected chi connectivity index (χ0v) is 9.28. The number of nitrogens with zero attached hydrogens (tertiary/aromatic N) is 1. The molecular formula is C11H7F3N2O3. The Kier molecular flexibility index (Phi) is 4.11. The number of phenols is 1. The van der Waals surface area contributed by atoms with Crippen LogP contribution in [0.5, 0.6) is 5.75 Å². The monoisotopic (exact) mass is 272 g/mol. The Hall–Kier alpha value is -2.56. The summed E-state index contributed by atoms with van der Waals surface area (Å²) in [5.41, 5.74) is -1.55. The number of carbonyl (C=O) groups is 2. The van der Waals surface area contributed by atoms with Crippen LogP contribution in [0.2, 0.25) is 0 Å². The van der Waals surface area contributed by atoms with Crippen LogP contribution in [0, 0.1) is 11.3 Å². The minimum absolute atomic E-state index is 0.498. The van der Waals surface area contributed by atoms with Crippen LogP contribution >= 0.6 is 0 Å². The number of nitriles is 1. The Bertz CT molecular complexity index is 561. The molecule has 0 aliphatic rings. The number of aromatic hydroxyl groups is 1. The first-order valence-electron chi connectivity index (χ1n) is 4.87. The highest BCUT2D eigenvalue weighted by molar-refractivity contribution is 6.09. The summed E-state index contributed by atoms with van der Waals surface area (Å²) < 4.78 is 37.1. The van der Waals surface area contributed by atoms with Crippen LogP contribution in [-0.4, -0.2) is 23.0 Å². The molecule has 0 saturated heterocycles. The number of hydrogen-bond donors (Lipinski definition) is 2. The number of phenolic OH excluding ortho intramolecular Hbond substituents is 1. The highest BCUT2D eigenvalue weighted by atomic mass is 19.4. The largest absolute Gasteiger partial charge is 0.507 e. The second-order valence-electron chi connectivity index (χ2n) is 3.41. The van der Waals surface area contributed by atoms with E-state index in [1.165, 1.54) is 6.07 Å². The number of hydrogen-bond acceptors (Lipinski definition) is 4. The van der Waals surface area contributed by atoms with Crippen LogP contribution in [0.3, 0.4) is 0 Å². The van der Waals surface area contributed by atoms with Crippen molar-refractivity contribution >= 4 is 17.4 Å². The normalized spacial score (nSPS) is 10.6. The molecule has 1 aromatic rings. The van der Waals surface area contributed by atoms with Crippen molar-refractivity contribution in [3.05, 3.63) is 23.8 Å². The number of alkyl halides is 3. The minimum atomic E-state index is -5.19. The summed E-state index contributed by atoms with van der Waals surface area (Å²) >= 11 is 0. The van der Waals surface area contributed by atoms with Gasteiger partial charge in [0.05, 0.1) is 17.3 Å². The second-order valence-corrected chi connectivity index (χ2v) is 3.41. The molecule has 0 atom stereocenters. The molecule has 0 aromatic heterocycles. The number of nitrogens with one attached hydrogen (secondary N) is 1. The van der Waals surface area contributed by atoms with Gasteiger partial charge < -0.3 is 10.4 Å². The first-order chi connectivity index (χ1) is 8.77. The van der Waals surface area contributed by atoms with Crippen LogP contribution in [0.25, 0.3) is 0 Å². The molecule has 5 nitrogen and oxygen atoms in total. The number of Topliss-reactive ketones (excluding diaryl/α,β-unsaturated/α-hetero) is 1. The highest BCUT2D eigenvalue weighted by Crippen LogP contribution is 2.32. The van der Waals surface area contributed by atoms with Gasteiger partial charge in [0.15, 0.2) is 0 Å². The fourth-order valence-electron chi connectivity index (χ4n) is 1.29. The molecule has 2 N–H and O–H groups in total. The number of ketones is 1. The van der Waals surface area contributed by atoms with E-state index in [4.69, 9.17) is 5.26 Å². The van der Waals surface area contributed by atoms with Gasteiger partial charge >= 0.3 is 6.18 Å². The molecule has 1 aromatic carbocycles. The summed E-state index contributed by atoms with van der Waals surface area (Å²) in [7, 11) is 0. The van der Waals surface area contributed by atoms with Gasteiger partial charge in [-0.3, -0.25) is 9.59 Å². The maximum absolute atomic E-state index is 12.4. The Labute approximate surface area is 105 Å². The zero-order chi connectivity index (χ0) is 14.6. The maximum Gasteiger partial charge on any atom is 0.455 e. The van der Waals surface area contributed by atoms with Crippen LogP contribution in [0.15, 0.2) is 18.2 Å². The third-order valence-electron chi connectivity index (χ3n) is 2.04. The molecule has 0 spiro atoms. The maximum atomic E-state index is 12.4. The first-order valence-corrected chi connectivity index (χ1v) is 4.87. The lowest BCUT2D eigenvalue weighted by atomic mass is 10.1. The van der Waals surface area contributed by atoms with Crippen molar-refractivity contribution in [3.63, 3.8) is 0 Å². The zero-order valence-electron chi connectivity index (χ0n) is 9.28. The van der Waals surface area contributed by atoms with E-state index in [-0.39, 0.29) is 0 Å². The molecule has 8 heteroatoms. The fourth-order valence-corrected chi connectivity index (χ4v) is 1.29. The van der Waals surface area contributed by atoms with E-state index in [0.29, 0.717) is 0 Å². The van der Waals surface area contributed by atoms with Gasteiger partial charge in [-0.1, -0.05) is 6.07 Å². The molecule has 0 aliphatic carbocycles. The van der Waals surface area contributed by atoms with Gasteiger partial charge in [0.25, 0.3) is 5.78 Å². The van der Waals surface area contributed by atoms with Gasteiger partial charge in [-0.25, -0.2) is 0 Å². The van der Waals surface area contributed by atoms with Gasteiger partial charge in [-0.2, -0.15) is 18.4 Å². The molecule has 0 unspecified atom stereocenters. The number of amides is 1. The first kappa shape index (κ1) is 14.5. The number of rotatable bonds is 3. The lowest BCUT2D eigenvalue weighted by Gasteiger charge is -2.12. The van der Waals surface area contributed by atoms with E-state index in [1.807, 2.05) is 5.32 Å². The van der Waals surface area contributed by atoms with Crippen molar-refractivity contribution in [1.29, 1.82) is 5.26 Å². The van der Waals surface area contributed by atoms with Crippen LogP contribution in [-0.2, 0) is 4.79 Å². The summed E-state index contributed by atoms with van der Waals surface area (Å²) in [5, 5.41) is 19.6. The van der Waals surface area contributed by atoms with E-state index in [2.05, 4.69) is 0 Å². The Morgan fingerprint density at radius 2 is 2.00 bits per heavy atom. The Balaban J connectivity index is 3.21. The molecule has 100 valence electrons. The van der Waals surface area contributed by atoms with Crippen LogP contribution < -0.4 is 5.32 Å². The lowest BCUT2D eigenvalue weighted by Crippen LogP contribution is -2.25. The van der Waals surface area contributed by atoms with Gasteiger partial charge in [0.1, 0.15) is 12.2 Å². The Morgan fingerprint density at radius 1 is 1.37 bits per heavy atom. The van der Waals surface area contributed by atoms with Crippen LogP contribution in [0.1, 0.15) is 16.8 Å². The SMILES string of the molecule is N#CCC(=O)Nc1cccc(O)c1C(=O)C(F)(F)F. The van der Waals surface area contributed by atoms with Crippen molar-refractivity contribution < 1.29 is 27.9 Å². The lowest BCUT2D eigenvalue weighted by molar-refractivity contribution is -0.115.